The van der Waals surface area contributed by atoms with Gasteiger partial charge in [0.1, 0.15) is 4.90 Å². The summed E-state index contributed by atoms with van der Waals surface area (Å²) in [4.78, 5) is 13.9. The molecule has 0 spiro atoms. The second kappa shape index (κ2) is 11.5. The van der Waals surface area contributed by atoms with E-state index in [2.05, 4.69) is 0 Å². The van der Waals surface area contributed by atoms with Gasteiger partial charge in [0.2, 0.25) is 5.91 Å². The first kappa shape index (κ1) is 27.8. The van der Waals surface area contributed by atoms with Gasteiger partial charge in [0.05, 0.1) is 18.8 Å². The molecule has 1 aliphatic heterocycles. The molecule has 1 fully saturated rings. The molecule has 2 aromatic rings. The Kier molecular flexibility index (Phi) is 8.89. The van der Waals surface area contributed by atoms with E-state index in [1.807, 2.05) is 13.8 Å². The van der Waals surface area contributed by atoms with Crippen molar-refractivity contribution in [1.82, 2.24) is 4.90 Å². The standard InChI is InChI=1S/C25H30F3NO6S/c1-17(2)12-24(30)29(16-20-7-5-11-34-20)15-18-9-10-22(33-3)23(13-18)35-36(31,32)21-8-4-6-19(14-21)25(26,27)28/h4,6,8-10,13-14,17,20H,5,7,11-12,15-16H2,1-3H3/t20-/m1/s1. The van der Waals surface area contributed by atoms with Gasteiger partial charge in [-0.3, -0.25) is 4.79 Å². The summed E-state index contributed by atoms with van der Waals surface area (Å²) in [5, 5.41) is 0. The van der Waals surface area contributed by atoms with E-state index >= 15 is 0 Å². The average molecular weight is 530 g/mol. The maximum Gasteiger partial charge on any atom is 0.416 e. The van der Waals surface area contributed by atoms with Crippen LogP contribution in [0, 0.1) is 5.92 Å². The van der Waals surface area contributed by atoms with Gasteiger partial charge < -0.3 is 18.6 Å². The zero-order chi connectivity index (χ0) is 26.5. The van der Waals surface area contributed by atoms with Crippen molar-refractivity contribution in [3.05, 3.63) is 53.6 Å². The molecule has 11 heteroatoms. The Bertz CT molecular complexity index is 1160. The molecule has 0 unspecified atom stereocenters. The summed E-state index contributed by atoms with van der Waals surface area (Å²) in [5.74, 6) is -0.0264. The topological polar surface area (TPSA) is 82.1 Å². The summed E-state index contributed by atoms with van der Waals surface area (Å²) in [7, 11) is -3.29. The first-order valence-electron chi connectivity index (χ1n) is 11.6. The third-order valence-corrected chi connectivity index (χ3v) is 6.86. The maximum atomic E-state index is 13.1. The molecule has 0 saturated carbocycles. The van der Waals surface area contributed by atoms with Gasteiger partial charge in [-0.15, -0.1) is 0 Å². The molecule has 0 aliphatic carbocycles. The number of amides is 1. The zero-order valence-corrected chi connectivity index (χ0v) is 21.2. The average Bonchev–Trinajstić information content (AvgIpc) is 3.31. The van der Waals surface area contributed by atoms with E-state index in [1.165, 1.54) is 19.2 Å². The number of halogens is 3. The van der Waals surface area contributed by atoms with Crippen LogP contribution in [-0.2, 0) is 32.4 Å². The van der Waals surface area contributed by atoms with Gasteiger partial charge in [0, 0.05) is 26.1 Å². The Morgan fingerprint density at radius 3 is 2.53 bits per heavy atom. The number of methoxy groups -OCH3 is 1. The molecule has 2 aromatic carbocycles. The quantitative estimate of drug-likeness (QED) is 0.402. The van der Waals surface area contributed by atoms with Gasteiger partial charge >= 0.3 is 16.3 Å². The van der Waals surface area contributed by atoms with Crippen LogP contribution in [0.2, 0.25) is 0 Å². The lowest BCUT2D eigenvalue weighted by molar-refractivity contribution is -0.137. The van der Waals surface area contributed by atoms with Crippen LogP contribution in [0.5, 0.6) is 11.5 Å². The van der Waals surface area contributed by atoms with Crippen molar-refractivity contribution in [3.8, 4) is 11.5 Å². The third-order valence-electron chi connectivity index (χ3n) is 5.63. The molecule has 1 heterocycles. The molecule has 36 heavy (non-hydrogen) atoms. The summed E-state index contributed by atoms with van der Waals surface area (Å²) >= 11 is 0. The van der Waals surface area contributed by atoms with Crippen LogP contribution in [-0.4, -0.2) is 45.6 Å². The van der Waals surface area contributed by atoms with E-state index in [0.717, 1.165) is 31.0 Å². The van der Waals surface area contributed by atoms with E-state index in [1.54, 1.807) is 11.0 Å². The minimum absolute atomic E-state index is 0.0598. The number of rotatable bonds is 10. The van der Waals surface area contributed by atoms with Crippen LogP contribution in [0.1, 0.15) is 44.2 Å². The van der Waals surface area contributed by atoms with Gasteiger partial charge in [-0.05, 0) is 54.7 Å². The highest BCUT2D eigenvalue weighted by Gasteiger charge is 2.32. The molecular formula is C25H30F3NO6S. The molecule has 1 amide bonds. The molecule has 0 radical (unpaired) electrons. The van der Waals surface area contributed by atoms with E-state index in [-0.39, 0.29) is 36.0 Å². The van der Waals surface area contributed by atoms with Crippen molar-refractivity contribution in [3.63, 3.8) is 0 Å². The Morgan fingerprint density at radius 2 is 1.92 bits per heavy atom. The predicted molar refractivity (Wildman–Crippen MR) is 126 cm³/mol. The summed E-state index contributed by atoms with van der Waals surface area (Å²) in [6, 6.07) is 7.88. The predicted octanol–water partition coefficient (Wildman–Crippen LogP) is 5.04. The number of alkyl halides is 3. The molecule has 0 N–H and O–H groups in total. The van der Waals surface area contributed by atoms with E-state index in [4.69, 9.17) is 13.7 Å². The van der Waals surface area contributed by atoms with Crippen molar-refractivity contribution in [2.24, 2.45) is 5.92 Å². The van der Waals surface area contributed by atoms with E-state index < -0.39 is 26.8 Å². The fourth-order valence-electron chi connectivity index (χ4n) is 3.87. The van der Waals surface area contributed by atoms with Gasteiger partial charge in [-0.1, -0.05) is 26.0 Å². The van der Waals surface area contributed by atoms with Crippen LogP contribution in [0.25, 0.3) is 0 Å². The Hall–Kier alpha value is -2.79. The second-order valence-electron chi connectivity index (χ2n) is 9.06. The van der Waals surface area contributed by atoms with Crippen LogP contribution in [0.3, 0.4) is 0 Å². The highest BCUT2D eigenvalue weighted by molar-refractivity contribution is 7.87. The van der Waals surface area contributed by atoms with Crippen LogP contribution < -0.4 is 8.92 Å². The molecule has 0 aromatic heterocycles. The minimum Gasteiger partial charge on any atom is -0.493 e. The lowest BCUT2D eigenvalue weighted by Crippen LogP contribution is -2.37. The van der Waals surface area contributed by atoms with Crippen molar-refractivity contribution >= 4 is 16.0 Å². The van der Waals surface area contributed by atoms with Crippen LogP contribution >= 0.6 is 0 Å². The fourth-order valence-corrected chi connectivity index (χ4v) is 4.85. The summed E-state index contributed by atoms with van der Waals surface area (Å²) in [5.41, 5.74) is -0.540. The first-order valence-corrected chi connectivity index (χ1v) is 13.0. The molecule has 198 valence electrons. The minimum atomic E-state index is -4.71. The number of hydrogen-bond donors (Lipinski definition) is 0. The number of benzene rings is 2. The Labute approximate surface area is 209 Å². The third kappa shape index (κ3) is 7.36. The lowest BCUT2D eigenvalue weighted by atomic mass is 10.1. The lowest BCUT2D eigenvalue weighted by Gasteiger charge is -2.26. The maximum absolute atomic E-state index is 13.1. The Balaban J connectivity index is 1.87. The molecule has 3 rings (SSSR count). The summed E-state index contributed by atoms with van der Waals surface area (Å²) < 4.78 is 80.9. The van der Waals surface area contributed by atoms with Gasteiger partial charge in [0.25, 0.3) is 0 Å². The van der Waals surface area contributed by atoms with Crippen molar-refractivity contribution < 1.29 is 40.0 Å². The second-order valence-corrected chi connectivity index (χ2v) is 10.6. The molecule has 1 aliphatic rings. The monoisotopic (exact) mass is 529 g/mol. The molecule has 1 saturated heterocycles. The summed E-state index contributed by atoms with van der Waals surface area (Å²) in [6.07, 6.45) is -2.67. The summed E-state index contributed by atoms with van der Waals surface area (Å²) in [6.45, 7) is 5.11. The Morgan fingerprint density at radius 1 is 1.17 bits per heavy atom. The zero-order valence-electron chi connectivity index (χ0n) is 20.4. The smallest absolute Gasteiger partial charge is 0.416 e. The number of nitrogens with zero attached hydrogens (tertiary/aromatic N) is 1. The van der Waals surface area contributed by atoms with Gasteiger partial charge in [0.15, 0.2) is 11.5 Å². The highest BCUT2D eigenvalue weighted by Crippen LogP contribution is 2.34. The number of hydrogen-bond acceptors (Lipinski definition) is 6. The van der Waals surface area contributed by atoms with Crippen LogP contribution in [0.4, 0.5) is 13.2 Å². The highest BCUT2D eigenvalue weighted by atomic mass is 32.2. The van der Waals surface area contributed by atoms with E-state index in [0.29, 0.717) is 31.2 Å². The number of carbonyl (C=O) groups excluding carboxylic acids is 1. The molecule has 0 bridgehead atoms. The van der Waals surface area contributed by atoms with Gasteiger partial charge in [-0.2, -0.15) is 21.6 Å². The fraction of sp³-hybridized carbons (Fsp3) is 0.480. The number of ether oxygens (including phenoxy) is 2. The largest absolute Gasteiger partial charge is 0.493 e. The normalized spacial score (nSPS) is 16.2. The van der Waals surface area contributed by atoms with Crippen molar-refractivity contribution in [2.75, 3.05) is 20.3 Å². The molecule has 1 atom stereocenters. The molecule has 7 nitrogen and oxygen atoms in total. The van der Waals surface area contributed by atoms with Gasteiger partial charge in [-0.25, -0.2) is 0 Å². The molecular weight excluding hydrogens is 499 g/mol. The van der Waals surface area contributed by atoms with Crippen molar-refractivity contribution in [2.45, 2.75) is 56.8 Å². The van der Waals surface area contributed by atoms with E-state index in [9.17, 15) is 26.4 Å². The van der Waals surface area contributed by atoms with Crippen molar-refractivity contribution in [1.29, 1.82) is 0 Å². The number of carbonyl (C=O) groups is 1. The SMILES string of the molecule is COc1ccc(CN(C[C@H]2CCCO2)C(=O)CC(C)C)cc1OS(=O)(=O)c1cccc(C(F)(F)F)c1. The van der Waals surface area contributed by atoms with Crippen LogP contribution in [0.15, 0.2) is 47.4 Å². The first-order chi connectivity index (χ1) is 16.9.